The van der Waals surface area contributed by atoms with E-state index in [2.05, 4.69) is 5.32 Å². The van der Waals surface area contributed by atoms with Gasteiger partial charge in [-0.2, -0.15) is 0 Å². The number of benzene rings is 1. The Hall–Kier alpha value is -3.15. The second kappa shape index (κ2) is 6.76. The van der Waals surface area contributed by atoms with E-state index in [0.29, 0.717) is 11.3 Å². The summed E-state index contributed by atoms with van der Waals surface area (Å²) < 4.78 is 53.5. The third-order valence-corrected chi connectivity index (χ3v) is 3.78. The van der Waals surface area contributed by atoms with E-state index >= 15 is 0 Å². The van der Waals surface area contributed by atoms with E-state index in [1.165, 1.54) is 0 Å². The summed E-state index contributed by atoms with van der Waals surface area (Å²) >= 11 is 0.582. The maximum absolute atomic E-state index is 13.6. The highest BCUT2D eigenvalue weighted by Crippen LogP contribution is 2.32. The van der Waals surface area contributed by atoms with Crippen LogP contribution in [0.25, 0.3) is 0 Å². The van der Waals surface area contributed by atoms with Crippen molar-refractivity contribution < 1.29 is 31.9 Å². The van der Waals surface area contributed by atoms with Gasteiger partial charge in [0.25, 0.3) is 11.8 Å². The molecule has 1 aromatic carbocycles. The summed E-state index contributed by atoms with van der Waals surface area (Å²) in [5.74, 6) is -9.81. The zero-order valence-electron chi connectivity index (χ0n) is 12.0. The Bertz CT molecular complexity index is 874. The lowest BCUT2D eigenvalue weighted by atomic mass is 10.1. The molecule has 7 nitrogen and oxygen atoms in total. The Balaban J connectivity index is 2.39. The topological polar surface area (TPSA) is 127 Å². The second-order valence-corrected chi connectivity index (χ2v) is 5.56. The SMILES string of the molecule is NC(=O)Nc1sc(NC(=O)c2c(F)c(F)cc(F)c2F)cc1C(N)=O. The minimum Gasteiger partial charge on any atom is -0.366 e. The maximum Gasteiger partial charge on any atom is 0.317 e. The van der Waals surface area contributed by atoms with Gasteiger partial charge in [0, 0.05) is 6.07 Å². The van der Waals surface area contributed by atoms with Gasteiger partial charge in [-0.15, -0.1) is 0 Å². The van der Waals surface area contributed by atoms with Gasteiger partial charge in [0.2, 0.25) is 0 Å². The molecular weight excluding hydrogens is 368 g/mol. The summed E-state index contributed by atoms with van der Waals surface area (Å²) in [5.41, 5.74) is 8.25. The van der Waals surface area contributed by atoms with Crippen LogP contribution in [0.1, 0.15) is 20.7 Å². The van der Waals surface area contributed by atoms with Gasteiger partial charge in [-0.25, -0.2) is 22.4 Å². The van der Waals surface area contributed by atoms with Crippen molar-refractivity contribution in [2.24, 2.45) is 11.5 Å². The van der Waals surface area contributed by atoms with Gasteiger partial charge in [0.15, 0.2) is 23.3 Å². The first kappa shape index (κ1) is 18.2. The third-order valence-electron chi connectivity index (χ3n) is 2.81. The molecule has 0 aliphatic rings. The number of primary amides is 2. The maximum atomic E-state index is 13.6. The molecule has 0 unspecified atom stereocenters. The van der Waals surface area contributed by atoms with Crippen LogP contribution >= 0.6 is 11.3 Å². The zero-order valence-corrected chi connectivity index (χ0v) is 12.8. The van der Waals surface area contributed by atoms with Crippen LogP contribution in [0.3, 0.4) is 0 Å². The minimum atomic E-state index is -1.89. The monoisotopic (exact) mass is 376 g/mol. The molecule has 132 valence electrons. The summed E-state index contributed by atoms with van der Waals surface area (Å²) in [6, 6.07) is -0.0968. The predicted octanol–water partition coefficient (Wildman–Crippen LogP) is 2.15. The molecule has 25 heavy (non-hydrogen) atoms. The number of nitrogens with two attached hydrogens (primary N) is 2. The molecule has 0 bridgehead atoms. The third kappa shape index (κ3) is 3.68. The summed E-state index contributed by atoms with van der Waals surface area (Å²) in [7, 11) is 0. The number of amides is 4. The summed E-state index contributed by atoms with van der Waals surface area (Å²) in [6.45, 7) is 0. The van der Waals surface area contributed by atoms with E-state index in [9.17, 15) is 31.9 Å². The molecule has 1 heterocycles. The number of nitrogens with one attached hydrogen (secondary N) is 2. The molecule has 1 aromatic heterocycles. The number of anilines is 2. The highest BCUT2D eigenvalue weighted by atomic mass is 32.1. The molecule has 0 saturated carbocycles. The van der Waals surface area contributed by atoms with Crippen molar-refractivity contribution in [1.82, 2.24) is 0 Å². The van der Waals surface area contributed by atoms with Crippen molar-refractivity contribution in [1.29, 1.82) is 0 Å². The quantitative estimate of drug-likeness (QED) is 0.482. The van der Waals surface area contributed by atoms with Crippen LogP contribution in [-0.4, -0.2) is 17.8 Å². The van der Waals surface area contributed by atoms with E-state index in [4.69, 9.17) is 11.5 Å². The number of carbonyl (C=O) groups is 3. The number of urea groups is 1. The molecule has 0 aliphatic carbocycles. The smallest absolute Gasteiger partial charge is 0.317 e. The Morgan fingerprint density at radius 2 is 1.48 bits per heavy atom. The van der Waals surface area contributed by atoms with Crippen molar-refractivity contribution in [2.75, 3.05) is 10.6 Å². The molecule has 0 fully saturated rings. The van der Waals surface area contributed by atoms with Crippen LogP contribution in [0.5, 0.6) is 0 Å². The summed E-state index contributed by atoms with van der Waals surface area (Å²) in [5, 5.41) is 3.69. The fraction of sp³-hybridized carbons (Fsp3) is 0. The molecule has 2 rings (SSSR count). The first-order valence-electron chi connectivity index (χ1n) is 6.26. The summed E-state index contributed by atoms with van der Waals surface area (Å²) in [4.78, 5) is 34.1. The first-order chi connectivity index (χ1) is 11.6. The van der Waals surface area contributed by atoms with Crippen LogP contribution in [0.15, 0.2) is 12.1 Å². The van der Waals surface area contributed by atoms with Gasteiger partial charge in [-0.1, -0.05) is 11.3 Å². The molecule has 0 atom stereocenters. The van der Waals surface area contributed by atoms with Gasteiger partial charge < -0.3 is 16.8 Å². The average Bonchev–Trinajstić information content (AvgIpc) is 2.87. The highest BCUT2D eigenvalue weighted by Gasteiger charge is 2.26. The Labute approximate surface area is 140 Å². The van der Waals surface area contributed by atoms with Crippen molar-refractivity contribution in [3.8, 4) is 0 Å². The standard InChI is InChI=1S/C13H8F4N4O3S/c14-4-2-5(15)9(17)7(8(4)16)11(23)20-6-1-3(10(18)22)12(25-6)21-13(19)24/h1-2H,(H2,18,22)(H,20,23)(H3,19,21,24). The van der Waals surface area contributed by atoms with Crippen molar-refractivity contribution in [2.45, 2.75) is 0 Å². The van der Waals surface area contributed by atoms with E-state index in [1.54, 1.807) is 0 Å². The molecule has 12 heteroatoms. The molecule has 6 N–H and O–H groups in total. The van der Waals surface area contributed by atoms with Gasteiger partial charge in [-0.3, -0.25) is 14.9 Å². The van der Waals surface area contributed by atoms with Crippen LogP contribution in [0.2, 0.25) is 0 Å². The normalized spacial score (nSPS) is 10.4. The fourth-order valence-electron chi connectivity index (χ4n) is 1.79. The van der Waals surface area contributed by atoms with Crippen LogP contribution < -0.4 is 22.1 Å². The molecule has 0 spiro atoms. The van der Waals surface area contributed by atoms with E-state index in [1.807, 2.05) is 5.32 Å². The first-order valence-corrected chi connectivity index (χ1v) is 7.08. The van der Waals surface area contributed by atoms with E-state index in [-0.39, 0.29) is 21.6 Å². The Morgan fingerprint density at radius 1 is 0.920 bits per heavy atom. The lowest BCUT2D eigenvalue weighted by Crippen LogP contribution is -2.21. The van der Waals surface area contributed by atoms with Crippen LogP contribution in [0, 0.1) is 23.3 Å². The van der Waals surface area contributed by atoms with E-state index in [0.717, 1.165) is 6.07 Å². The number of hydrogen-bond acceptors (Lipinski definition) is 4. The van der Waals surface area contributed by atoms with Crippen molar-refractivity contribution >= 4 is 39.2 Å². The van der Waals surface area contributed by atoms with Crippen LogP contribution in [0.4, 0.5) is 32.4 Å². The van der Waals surface area contributed by atoms with Gasteiger partial charge >= 0.3 is 6.03 Å². The lowest BCUT2D eigenvalue weighted by Gasteiger charge is -2.06. The van der Waals surface area contributed by atoms with Crippen molar-refractivity contribution in [3.05, 3.63) is 46.5 Å². The Kier molecular flexibility index (Phi) is 4.92. The Morgan fingerprint density at radius 3 is 1.96 bits per heavy atom. The van der Waals surface area contributed by atoms with Gasteiger partial charge in [0.1, 0.15) is 10.6 Å². The number of carbonyl (C=O) groups excluding carboxylic acids is 3. The second-order valence-electron chi connectivity index (χ2n) is 4.50. The molecule has 2 aromatic rings. The molecule has 0 saturated heterocycles. The van der Waals surface area contributed by atoms with Gasteiger partial charge in [-0.05, 0) is 6.07 Å². The molecule has 0 radical (unpaired) electrons. The van der Waals surface area contributed by atoms with Gasteiger partial charge in [0.05, 0.1) is 10.6 Å². The number of thiophene rings is 1. The van der Waals surface area contributed by atoms with Crippen LogP contribution in [-0.2, 0) is 0 Å². The predicted molar refractivity (Wildman–Crippen MR) is 80.3 cm³/mol. The number of rotatable bonds is 4. The van der Waals surface area contributed by atoms with Crippen molar-refractivity contribution in [3.63, 3.8) is 0 Å². The number of halogens is 4. The number of hydrogen-bond donors (Lipinski definition) is 4. The molecular formula is C13H8F4N4O3S. The van der Waals surface area contributed by atoms with E-state index < -0.39 is 46.7 Å². The largest absolute Gasteiger partial charge is 0.366 e. The molecule has 4 amide bonds. The minimum absolute atomic E-state index is 0.0489. The highest BCUT2D eigenvalue weighted by molar-refractivity contribution is 7.20. The zero-order chi connectivity index (χ0) is 18.9. The summed E-state index contributed by atoms with van der Waals surface area (Å²) in [6.07, 6.45) is 0. The molecule has 0 aliphatic heterocycles. The lowest BCUT2D eigenvalue weighted by molar-refractivity contribution is 0.0995. The fourth-order valence-corrected chi connectivity index (χ4v) is 2.75. The average molecular weight is 376 g/mol.